The van der Waals surface area contributed by atoms with Gasteiger partial charge in [0, 0.05) is 23.0 Å². The zero-order valence-electron chi connectivity index (χ0n) is 18.0. The Morgan fingerprint density at radius 1 is 1.06 bits per heavy atom. The van der Waals surface area contributed by atoms with E-state index in [1.165, 1.54) is 6.20 Å². The maximum Gasteiger partial charge on any atom is 0.319 e. The highest BCUT2D eigenvalue weighted by Gasteiger charge is 2.11. The number of H-pyrrole nitrogens is 1. The van der Waals surface area contributed by atoms with Crippen LogP contribution in [0.1, 0.15) is 16.2 Å². The molecule has 4 N–H and O–H groups in total. The van der Waals surface area contributed by atoms with Gasteiger partial charge in [0.2, 0.25) is 0 Å². The van der Waals surface area contributed by atoms with E-state index in [4.69, 9.17) is 16.3 Å². The number of pyridine rings is 1. The lowest BCUT2D eigenvalue weighted by Crippen LogP contribution is -2.28. The number of nitrogens with one attached hydrogen (secondary N) is 4. The molecule has 2 aromatic heterocycles. The summed E-state index contributed by atoms with van der Waals surface area (Å²) >= 11 is 5.80. The Labute approximate surface area is 199 Å². The van der Waals surface area contributed by atoms with E-state index in [0.717, 1.165) is 11.3 Å². The minimum atomic E-state index is -0.459. The number of halogens is 1. The molecule has 3 amide bonds. The van der Waals surface area contributed by atoms with Gasteiger partial charge in [-0.15, -0.1) is 0 Å². The van der Waals surface area contributed by atoms with Gasteiger partial charge in [-0.05, 0) is 54.6 Å². The number of hydrogen-bond acceptors (Lipinski definition) is 6. The van der Waals surface area contributed by atoms with Crippen molar-refractivity contribution in [1.29, 1.82) is 0 Å². The number of carbonyl (C=O) groups excluding carboxylic acids is 2. The third-order valence-corrected chi connectivity index (χ3v) is 4.87. The Kier molecular flexibility index (Phi) is 6.99. The Morgan fingerprint density at radius 2 is 1.88 bits per heavy atom. The molecule has 10 nitrogen and oxygen atoms in total. The highest BCUT2D eigenvalue weighted by molar-refractivity contribution is 6.30. The first-order chi connectivity index (χ1) is 16.5. The quantitative estimate of drug-likeness (QED) is 0.316. The summed E-state index contributed by atoms with van der Waals surface area (Å²) in [5.41, 5.74) is 1.62. The number of hydrogen-bond donors (Lipinski definition) is 4. The van der Waals surface area contributed by atoms with Crippen LogP contribution in [0.2, 0.25) is 5.02 Å². The predicted octanol–water partition coefficient (Wildman–Crippen LogP) is 4.10. The average Bonchev–Trinajstić information content (AvgIpc) is 3.33. The molecule has 0 atom stereocenters. The van der Waals surface area contributed by atoms with Gasteiger partial charge in [0.15, 0.2) is 5.82 Å². The van der Waals surface area contributed by atoms with Gasteiger partial charge in [-0.25, -0.2) is 14.8 Å². The molecular weight excluding hydrogens is 458 g/mol. The van der Waals surface area contributed by atoms with Crippen molar-refractivity contribution in [3.8, 4) is 17.1 Å². The van der Waals surface area contributed by atoms with E-state index in [2.05, 4.69) is 36.1 Å². The SMILES string of the molecule is COc1ccc(-c2n[nH]c(CNC(=O)Nc3cccc(C(=O)Nc4ccc(Cl)cn4)c3)n2)cc1. The summed E-state index contributed by atoms with van der Waals surface area (Å²) in [6.45, 7) is 0.136. The van der Waals surface area contributed by atoms with Crippen LogP contribution in [-0.4, -0.2) is 39.2 Å². The summed E-state index contributed by atoms with van der Waals surface area (Å²) in [5.74, 6) is 1.73. The number of benzene rings is 2. The van der Waals surface area contributed by atoms with E-state index in [1.54, 1.807) is 43.5 Å². The number of urea groups is 1. The lowest BCUT2D eigenvalue weighted by atomic mass is 10.2. The molecule has 0 saturated carbocycles. The second kappa shape index (κ2) is 10.5. The van der Waals surface area contributed by atoms with Gasteiger partial charge in [-0.2, -0.15) is 5.10 Å². The molecule has 34 heavy (non-hydrogen) atoms. The molecule has 4 rings (SSSR count). The van der Waals surface area contributed by atoms with Gasteiger partial charge in [-0.3, -0.25) is 9.89 Å². The van der Waals surface area contributed by atoms with E-state index < -0.39 is 6.03 Å². The summed E-state index contributed by atoms with van der Waals surface area (Å²) in [7, 11) is 1.60. The minimum absolute atomic E-state index is 0.136. The molecular formula is C23H20ClN7O3. The van der Waals surface area contributed by atoms with Gasteiger partial charge in [0.05, 0.1) is 18.7 Å². The van der Waals surface area contributed by atoms with Crippen LogP contribution in [0, 0.1) is 0 Å². The Bertz CT molecular complexity index is 1290. The van der Waals surface area contributed by atoms with E-state index in [1.807, 2.05) is 24.3 Å². The molecule has 0 aliphatic rings. The van der Waals surface area contributed by atoms with Crippen LogP contribution in [0.5, 0.6) is 5.75 Å². The molecule has 11 heteroatoms. The van der Waals surface area contributed by atoms with E-state index in [9.17, 15) is 9.59 Å². The molecule has 0 aliphatic heterocycles. The summed E-state index contributed by atoms with van der Waals surface area (Å²) in [4.78, 5) is 33.2. The van der Waals surface area contributed by atoms with Crippen molar-refractivity contribution in [2.75, 3.05) is 17.7 Å². The van der Waals surface area contributed by atoms with Crippen molar-refractivity contribution in [1.82, 2.24) is 25.5 Å². The fourth-order valence-electron chi connectivity index (χ4n) is 2.96. The first kappa shape index (κ1) is 22.7. The van der Waals surface area contributed by atoms with Crippen molar-refractivity contribution < 1.29 is 14.3 Å². The molecule has 0 spiro atoms. The number of methoxy groups -OCH3 is 1. The summed E-state index contributed by atoms with van der Waals surface area (Å²) < 4.78 is 5.14. The van der Waals surface area contributed by atoms with Crippen LogP contribution in [0.25, 0.3) is 11.4 Å². The van der Waals surface area contributed by atoms with Crippen molar-refractivity contribution in [2.24, 2.45) is 0 Å². The zero-order valence-corrected chi connectivity index (χ0v) is 18.8. The fourth-order valence-corrected chi connectivity index (χ4v) is 3.07. The third-order valence-electron chi connectivity index (χ3n) is 4.65. The fraction of sp³-hybridized carbons (Fsp3) is 0.0870. The second-order valence-corrected chi connectivity index (χ2v) is 7.47. The molecule has 0 fully saturated rings. The largest absolute Gasteiger partial charge is 0.497 e. The Hall–Kier alpha value is -4.44. The molecule has 0 radical (unpaired) electrons. The molecule has 0 unspecified atom stereocenters. The van der Waals surface area contributed by atoms with E-state index in [0.29, 0.717) is 33.7 Å². The van der Waals surface area contributed by atoms with Crippen LogP contribution in [0.15, 0.2) is 66.9 Å². The predicted molar refractivity (Wildman–Crippen MR) is 128 cm³/mol. The number of aromatic amines is 1. The number of nitrogens with zero attached hydrogens (tertiary/aromatic N) is 3. The van der Waals surface area contributed by atoms with Crippen molar-refractivity contribution >= 4 is 35.0 Å². The Balaban J connectivity index is 1.31. The minimum Gasteiger partial charge on any atom is -0.497 e. The van der Waals surface area contributed by atoms with Gasteiger partial charge in [0.25, 0.3) is 5.91 Å². The lowest BCUT2D eigenvalue weighted by molar-refractivity contribution is 0.102. The summed E-state index contributed by atoms with van der Waals surface area (Å²) in [6, 6.07) is 16.6. The maximum absolute atomic E-state index is 12.5. The number of rotatable bonds is 7. The highest BCUT2D eigenvalue weighted by Crippen LogP contribution is 2.19. The molecule has 4 aromatic rings. The van der Waals surface area contributed by atoms with Crippen LogP contribution >= 0.6 is 11.6 Å². The molecule has 0 aliphatic carbocycles. The molecule has 0 bridgehead atoms. The van der Waals surface area contributed by atoms with Crippen LogP contribution in [-0.2, 0) is 6.54 Å². The number of carbonyl (C=O) groups is 2. The normalized spacial score (nSPS) is 10.4. The topological polar surface area (TPSA) is 134 Å². The van der Waals surface area contributed by atoms with Crippen LogP contribution in [0.3, 0.4) is 0 Å². The second-order valence-electron chi connectivity index (χ2n) is 7.04. The zero-order chi connectivity index (χ0) is 23.9. The summed E-state index contributed by atoms with van der Waals surface area (Å²) in [6.07, 6.45) is 1.44. The van der Waals surface area contributed by atoms with Crippen molar-refractivity contribution in [2.45, 2.75) is 6.54 Å². The first-order valence-electron chi connectivity index (χ1n) is 10.1. The average molecular weight is 478 g/mol. The van der Waals surface area contributed by atoms with Gasteiger partial charge in [0.1, 0.15) is 17.4 Å². The monoisotopic (exact) mass is 477 g/mol. The lowest BCUT2D eigenvalue weighted by Gasteiger charge is -2.09. The summed E-state index contributed by atoms with van der Waals surface area (Å²) in [5, 5.41) is 15.5. The van der Waals surface area contributed by atoms with Gasteiger partial charge < -0.3 is 20.7 Å². The van der Waals surface area contributed by atoms with E-state index in [-0.39, 0.29) is 12.5 Å². The molecule has 0 saturated heterocycles. The van der Waals surface area contributed by atoms with Crippen LogP contribution in [0.4, 0.5) is 16.3 Å². The van der Waals surface area contributed by atoms with Crippen molar-refractivity contribution in [3.05, 3.63) is 83.3 Å². The van der Waals surface area contributed by atoms with Gasteiger partial charge in [-0.1, -0.05) is 17.7 Å². The highest BCUT2D eigenvalue weighted by atomic mass is 35.5. The number of ether oxygens (including phenoxy) is 1. The van der Waals surface area contributed by atoms with Crippen LogP contribution < -0.4 is 20.7 Å². The third kappa shape index (κ3) is 5.87. The molecule has 2 heterocycles. The van der Waals surface area contributed by atoms with Crippen molar-refractivity contribution in [3.63, 3.8) is 0 Å². The Morgan fingerprint density at radius 3 is 2.62 bits per heavy atom. The maximum atomic E-state index is 12.5. The first-order valence-corrected chi connectivity index (χ1v) is 10.5. The number of aromatic nitrogens is 4. The van der Waals surface area contributed by atoms with Gasteiger partial charge >= 0.3 is 6.03 Å². The molecule has 2 aromatic carbocycles. The standard InChI is InChI=1S/C23H20ClN7O3/c1-34-18-8-5-14(6-9-18)21-28-20(30-31-21)13-26-23(33)27-17-4-2-3-15(11-17)22(32)29-19-10-7-16(24)12-25-19/h2-12H,13H2,1H3,(H,25,29,32)(H2,26,27,33)(H,28,30,31). The molecule has 172 valence electrons. The number of anilines is 2. The smallest absolute Gasteiger partial charge is 0.319 e. The van der Waals surface area contributed by atoms with E-state index >= 15 is 0 Å². The number of amides is 3.